The van der Waals surface area contributed by atoms with Gasteiger partial charge >= 0.3 is 0 Å². The largest absolute Gasteiger partial charge is 0.385 e. The first-order chi connectivity index (χ1) is 4.75. The summed E-state index contributed by atoms with van der Waals surface area (Å²) in [5, 5.41) is 0. The molecule has 1 heterocycles. The summed E-state index contributed by atoms with van der Waals surface area (Å²) in [5.74, 6) is 0.363. The van der Waals surface area contributed by atoms with E-state index in [-0.39, 0.29) is 5.43 Å². The van der Waals surface area contributed by atoms with Gasteiger partial charge in [-0.3, -0.25) is 4.79 Å². The smallest absolute Gasteiger partial charge is 0.190 e. The molecule has 3 nitrogen and oxygen atoms in total. The van der Waals surface area contributed by atoms with Crippen LogP contribution < -0.4 is 11.2 Å². The van der Waals surface area contributed by atoms with Crippen LogP contribution in [0.3, 0.4) is 0 Å². The quantitative estimate of drug-likeness (QED) is 0.594. The van der Waals surface area contributed by atoms with Crippen LogP contribution in [0.25, 0.3) is 6.08 Å². The number of pyridine rings is 1. The molecular weight excluding hydrogens is 128 g/mol. The highest BCUT2D eigenvalue weighted by atomic mass is 16.1. The molecule has 0 saturated carbocycles. The molecule has 3 N–H and O–H groups in total. The fourth-order valence-electron chi connectivity index (χ4n) is 0.718. The summed E-state index contributed by atoms with van der Waals surface area (Å²) in [5.41, 5.74) is 5.73. The third-order valence-corrected chi connectivity index (χ3v) is 1.23. The van der Waals surface area contributed by atoms with Crippen molar-refractivity contribution in [3.05, 3.63) is 34.6 Å². The Morgan fingerprint density at radius 1 is 1.70 bits per heavy atom. The van der Waals surface area contributed by atoms with E-state index in [9.17, 15) is 4.79 Å². The average molecular weight is 136 g/mol. The van der Waals surface area contributed by atoms with Gasteiger partial charge in [-0.2, -0.15) is 0 Å². The molecule has 0 fully saturated rings. The molecule has 0 spiro atoms. The molecule has 0 aliphatic carbocycles. The van der Waals surface area contributed by atoms with Crippen LogP contribution in [-0.4, -0.2) is 4.98 Å². The highest BCUT2D eigenvalue weighted by Gasteiger charge is 1.96. The SMILES string of the molecule is C=Cc1c(N)[nH]ccc1=O. The van der Waals surface area contributed by atoms with Crippen LogP contribution in [0.2, 0.25) is 0 Å². The van der Waals surface area contributed by atoms with E-state index in [0.29, 0.717) is 11.4 Å². The molecule has 0 aromatic carbocycles. The average Bonchev–Trinajstić information content (AvgIpc) is 1.88. The van der Waals surface area contributed by atoms with E-state index in [1.807, 2.05) is 0 Å². The van der Waals surface area contributed by atoms with Crippen LogP contribution in [0.4, 0.5) is 5.82 Å². The van der Waals surface area contributed by atoms with Gasteiger partial charge < -0.3 is 10.7 Å². The number of anilines is 1. The predicted molar refractivity (Wildman–Crippen MR) is 41.6 cm³/mol. The molecule has 0 aliphatic heterocycles. The van der Waals surface area contributed by atoms with Gasteiger partial charge in [-0.1, -0.05) is 12.7 Å². The second kappa shape index (κ2) is 2.39. The summed E-state index contributed by atoms with van der Waals surface area (Å²) in [6, 6.07) is 1.41. The van der Waals surface area contributed by atoms with Crippen molar-refractivity contribution in [3.63, 3.8) is 0 Å². The second-order valence-electron chi connectivity index (χ2n) is 1.87. The summed E-state index contributed by atoms with van der Waals surface area (Å²) < 4.78 is 0. The molecule has 0 saturated heterocycles. The van der Waals surface area contributed by atoms with Gasteiger partial charge in [-0.05, 0) is 0 Å². The fraction of sp³-hybridized carbons (Fsp3) is 0. The minimum Gasteiger partial charge on any atom is -0.385 e. The molecule has 1 rings (SSSR count). The topological polar surface area (TPSA) is 58.9 Å². The molecule has 0 bridgehead atoms. The number of hydrogen-bond acceptors (Lipinski definition) is 2. The maximum absolute atomic E-state index is 10.9. The molecule has 0 radical (unpaired) electrons. The zero-order valence-electron chi connectivity index (χ0n) is 5.42. The predicted octanol–water partition coefficient (Wildman–Crippen LogP) is 0.600. The Balaban J connectivity index is 3.45. The first-order valence-electron chi connectivity index (χ1n) is 2.85. The van der Waals surface area contributed by atoms with Gasteiger partial charge in [-0.15, -0.1) is 0 Å². The Labute approximate surface area is 58.2 Å². The monoisotopic (exact) mass is 136 g/mol. The first kappa shape index (κ1) is 6.61. The highest BCUT2D eigenvalue weighted by molar-refractivity contribution is 5.58. The Bertz CT molecular complexity index is 301. The Morgan fingerprint density at radius 3 is 2.80 bits per heavy atom. The minimum absolute atomic E-state index is 0.105. The summed E-state index contributed by atoms with van der Waals surface area (Å²) in [6.07, 6.45) is 2.94. The van der Waals surface area contributed by atoms with Gasteiger partial charge in [-0.25, -0.2) is 0 Å². The van der Waals surface area contributed by atoms with E-state index < -0.39 is 0 Å². The molecule has 0 unspecified atom stereocenters. The number of H-pyrrole nitrogens is 1. The Hall–Kier alpha value is -1.51. The van der Waals surface area contributed by atoms with Crippen molar-refractivity contribution in [2.24, 2.45) is 0 Å². The lowest BCUT2D eigenvalue weighted by Gasteiger charge is -1.95. The Morgan fingerprint density at radius 2 is 2.40 bits per heavy atom. The minimum atomic E-state index is -0.105. The van der Waals surface area contributed by atoms with Gasteiger partial charge in [0.2, 0.25) is 0 Å². The number of rotatable bonds is 1. The van der Waals surface area contributed by atoms with Crippen molar-refractivity contribution in [2.75, 3.05) is 5.73 Å². The highest BCUT2D eigenvalue weighted by Crippen LogP contribution is 2.00. The van der Waals surface area contributed by atoms with E-state index >= 15 is 0 Å². The van der Waals surface area contributed by atoms with E-state index in [2.05, 4.69) is 11.6 Å². The molecule has 0 amide bonds. The van der Waals surface area contributed by atoms with E-state index in [4.69, 9.17) is 5.73 Å². The maximum Gasteiger partial charge on any atom is 0.190 e. The summed E-state index contributed by atoms with van der Waals surface area (Å²) in [7, 11) is 0. The lowest BCUT2D eigenvalue weighted by atomic mass is 10.2. The van der Waals surface area contributed by atoms with Crippen LogP contribution in [0, 0.1) is 0 Å². The third kappa shape index (κ3) is 0.932. The van der Waals surface area contributed by atoms with Gasteiger partial charge in [0.1, 0.15) is 5.82 Å². The molecule has 0 atom stereocenters. The van der Waals surface area contributed by atoms with Crippen molar-refractivity contribution < 1.29 is 0 Å². The van der Waals surface area contributed by atoms with Crippen LogP contribution in [-0.2, 0) is 0 Å². The molecule has 52 valence electrons. The van der Waals surface area contributed by atoms with Crippen molar-refractivity contribution in [2.45, 2.75) is 0 Å². The van der Waals surface area contributed by atoms with Crippen molar-refractivity contribution >= 4 is 11.9 Å². The molecule has 1 aromatic heterocycles. The molecule has 1 aromatic rings. The lowest BCUT2D eigenvalue weighted by Crippen LogP contribution is -2.07. The zero-order valence-corrected chi connectivity index (χ0v) is 5.42. The van der Waals surface area contributed by atoms with Gasteiger partial charge in [0.15, 0.2) is 5.43 Å². The number of hydrogen-bond donors (Lipinski definition) is 2. The molecular formula is C7H8N2O. The number of aromatic amines is 1. The number of aromatic nitrogens is 1. The number of nitrogen functional groups attached to an aromatic ring is 1. The van der Waals surface area contributed by atoms with Crippen molar-refractivity contribution in [3.8, 4) is 0 Å². The summed E-state index contributed by atoms with van der Waals surface area (Å²) in [6.45, 7) is 3.45. The molecule has 10 heavy (non-hydrogen) atoms. The number of nitrogens with two attached hydrogens (primary N) is 1. The fourth-order valence-corrected chi connectivity index (χ4v) is 0.718. The first-order valence-corrected chi connectivity index (χ1v) is 2.85. The normalized spacial score (nSPS) is 9.20. The molecule has 0 aliphatic rings. The third-order valence-electron chi connectivity index (χ3n) is 1.23. The Kier molecular flexibility index (Phi) is 1.58. The van der Waals surface area contributed by atoms with Gasteiger partial charge in [0.25, 0.3) is 0 Å². The second-order valence-corrected chi connectivity index (χ2v) is 1.87. The molecule has 3 heteroatoms. The van der Waals surface area contributed by atoms with Crippen LogP contribution in [0.15, 0.2) is 23.6 Å². The van der Waals surface area contributed by atoms with Crippen LogP contribution >= 0.6 is 0 Å². The van der Waals surface area contributed by atoms with E-state index in [1.165, 1.54) is 18.3 Å². The maximum atomic E-state index is 10.9. The van der Waals surface area contributed by atoms with Gasteiger partial charge in [0, 0.05) is 12.3 Å². The van der Waals surface area contributed by atoms with Crippen molar-refractivity contribution in [1.82, 2.24) is 4.98 Å². The lowest BCUT2D eigenvalue weighted by molar-refractivity contribution is 1.30. The van der Waals surface area contributed by atoms with E-state index in [0.717, 1.165) is 0 Å². The number of nitrogens with one attached hydrogen (secondary N) is 1. The van der Waals surface area contributed by atoms with Gasteiger partial charge in [0.05, 0.1) is 5.56 Å². The van der Waals surface area contributed by atoms with Crippen LogP contribution in [0.1, 0.15) is 5.56 Å². The van der Waals surface area contributed by atoms with Crippen molar-refractivity contribution in [1.29, 1.82) is 0 Å². The zero-order chi connectivity index (χ0) is 7.56. The van der Waals surface area contributed by atoms with Crippen LogP contribution in [0.5, 0.6) is 0 Å². The summed E-state index contributed by atoms with van der Waals surface area (Å²) in [4.78, 5) is 13.6. The van der Waals surface area contributed by atoms with E-state index in [1.54, 1.807) is 0 Å². The summed E-state index contributed by atoms with van der Waals surface area (Å²) >= 11 is 0. The standard InChI is InChI=1S/C7H8N2O/c1-2-5-6(10)3-4-9-7(5)8/h2-4H,1H2,(H3,8,9,10).